The lowest BCUT2D eigenvalue weighted by Crippen LogP contribution is -2.14. The molecule has 19 heavy (non-hydrogen) atoms. The van der Waals surface area contributed by atoms with Gasteiger partial charge in [0.15, 0.2) is 5.82 Å². The molecule has 3 rings (SSSR count). The SMILES string of the molecule is CC(C)c1ccc(-c2nc(C3CCCN3)no2)cc1. The van der Waals surface area contributed by atoms with Gasteiger partial charge in [-0.25, -0.2) is 0 Å². The standard InChI is InChI=1S/C15H19N3O/c1-10(2)11-5-7-12(8-6-11)15-17-14(18-19-15)13-4-3-9-16-13/h5-8,10,13,16H,3-4,9H2,1-2H3. The van der Waals surface area contributed by atoms with E-state index in [0.717, 1.165) is 24.4 Å². The van der Waals surface area contributed by atoms with E-state index >= 15 is 0 Å². The van der Waals surface area contributed by atoms with E-state index in [4.69, 9.17) is 4.52 Å². The van der Waals surface area contributed by atoms with Gasteiger partial charge in [0.2, 0.25) is 0 Å². The first-order valence-corrected chi connectivity index (χ1v) is 6.91. The summed E-state index contributed by atoms with van der Waals surface area (Å²) in [4.78, 5) is 4.50. The summed E-state index contributed by atoms with van der Waals surface area (Å²) in [6.45, 7) is 5.41. The van der Waals surface area contributed by atoms with Crippen LogP contribution in [0.25, 0.3) is 11.5 Å². The van der Waals surface area contributed by atoms with Crippen molar-refractivity contribution in [2.45, 2.75) is 38.6 Å². The molecule has 1 aromatic heterocycles. The van der Waals surface area contributed by atoms with Crippen LogP contribution in [-0.4, -0.2) is 16.7 Å². The number of nitrogens with one attached hydrogen (secondary N) is 1. The maximum absolute atomic E-state index is 5.36. The molecule has 0 radical (unpaired) electrons. The molecule has 1 aromatic carbocycles. The Kier molecular flexibility index (Phi) is 3.34. The molecule has 1 aliphatic rings. The van der Waals surface area contributed by atoms with Crippen molar-refractivity contribution in [3.05, 3.63) is 35.7 Å². The minimum Gasteiger partial charge on any atom is -0.334 e. The van der Waals surface area contributed by atoms with Gasteiger partial charge in [0.1, 0.15) is 0 Å². The number of hydrogen-bond donors (Lipinski definition) is 1. The zero-order chi connectivity index (χ0) is 13.2. The summed E-state index contributed by atoms with van der Waals surface area (Å²) in [6, 6.07) is 8.60. The molecule has 1 atom stereocenters. The minimum atomic E-state index is 0.257. The molecular weight excluding hydrogens is 238 g/mol. The van der Waals surface area contributed by atoms with Gasteiger partial charge in [-0.05, 0) is 43.0 Å². The van der Waals surface area contributed by atoms with Crippen molar-refractivity contribution in [1.82, 2.24) is 15.5 Å². The largest absolute Gasteiger partial charge is 0.334 e. The van der Waals surface area contributed by atoms with Gasteiger partial charge in [-0.15, -0.1) is 0 Å². The second-order valence-electron chi connectivity index (χ2n) is 5.38. The van der Waals surface area contributed by atoms with E-state index in [1.807, 2.05) is 0 Å². The van der Waals surface area contributed by atoms with Gasteiger partial charge in [-0.3, -0.25) is 0 Å². The molecule has 2 aromatic rings. The van der Waals surface area contributed by atoms with Gasteiger partial charge < -0.3 is 9.84 Å². The fraction of sp³-hybridized carbons (Fsp3) is 0.467. The topological polar surface area (TPSA) is 51.0 Å². The average Bonchev–Trinajstić information content (AvgIpc) is 3.10. The van der Waals surface area contributed by atoms with E-state index in [1.165, 1.54) is 12.0 Å². The number of nitrogens with zero attached hydrogens (tertiary/aromatic N) is 2. The fourth-order valence-corrected chi connectivity index (χ4v) is 2.41. The van der Waals surface area contributed by atoms with Crippen molar-refractivity contribution >= 4 is 0 Å². The highest BCUT2D eigenvalue weighted by molar-refractivity contribution is 5.53. The van der Waals surface area contributed by atoms with Crippen LogP contribution in [-0.2, 0) is 0 Å². The average molecular weight is 257 g/mol. The van der Waals surface area contributed by atoms with Crippen LogP contribution in [0.1, 0.15) is 50.0 Å². The highest BCUT2D eigenvalue weighted by atomic mass is 16.5. The molecule has 4 heteroatoms. The Balaban J connectivity index is 1.81. The van der Waals surface area contributed by atoms with E-state index in [-0.39, 0.29) is 6.04 Å². The molecular formula is C15H19N3O. The van der Waals surface area contributed by atoms with E-state index in [2.05, 4.69) is 53.6 Å². The molecule has 0 spiro atoms. The Morgan fingerprint density at radius 1 is 1.26 bits per heavy atom. The molecule has 0 aliphatic carbocycles. The van der Waals surface area contributed by atoms with Crippen LogP contribution < -0.4 is 5.32 Å². The number of benzene rings is 1. The normalized spacial score (nSPS) is 19.2. The summed E-state index contributed by atoms with van der Waals surface area (Å²) in [5.74, 6) is 1.93. The first-order chi connectivity index (χ1) is 9.24. The fourth-order valence-electron chi connectivity index (χ4n) is 2.41. The Morgan fingerprint density at radius 3 is 2.68 bits per heavy atom. The molecule has 0 bridgehead atoms. The molecule has 1 aliphatic heterocycles. The summed E-state index contributed by atoms with van der Waals surface area (Å²) in [6.07, 6.45) is 2.27. The van der Waals surface area contributed by atoms with Crippen LogP contribution in [0.15, 0.2) is 28.8 Å². The van der Waals surface area contributed by atoms with Crippen LogP contribution in [0.5, 0.6) is 0 Å². The number of hydrogen-bond acceptors (Lipinski definition) is 4. The quantitative estimate of drug-likeness (QED) is 0.916. The zero-order valence-corrected chi connectivity index (χ0v) is 11.4. The molecule has 1 fully saturated rings. The lowest BCUT2D eigenvalue weighted by atomic mass is 10.0. The molecule has 2 heterocycles. The van der Waals surface area contributed by atoms with Crippen molar-refractivity contribution in [3.8, 4) is 11.5 Å². The lowest BCUT2D eigenvalue weighted by Gasteiger charge is -2.04. The van der Waals surface area contributed by atoms with Gasteiger partial charge >= 0.3 is 0 Å². The maximum Gasteiger partial charge on any atom is 0.257 e. The monoisotopic (exact) mass is 257 g/mol. The summed E-state index contributed by atoms with van der Waals surface area (Å²) in [7, 11) is 0. The summed E-state index contributed by atoms with van der Waals surface area (Å²) in [5, 5.41) is 7.46. The van der Waals surface area contributed by atoms with Crippen molar-refractivity contribution in [1.29, 1.82) is 0 Å². The minimum absolute atomic E-state index is 0.257. The predicted octanol–water partition coefficient (Wildman–Crippen LogP) is 3.28. The Labute approximate surface area is 113 Å². The third kappa shape index (κ3) is 2.54. The predicted molar refractivity (Wildman–Crippen MR) is 73.8 cm³/mol. The Hall–Kier alpha value is -1.68. The third-order valence-electron chi connectivity index (χ3n) is 3.64. The molecule has 100 valence electrons. The van der Waals surface area contributed by atoms with E-state index in [0.29, 0.717) is 11.8 Å². The number of aromatic nitrogens is 2. The van der Waals surface area contributed by atoms with Gasteiger partial charge in [-0.1, -0.05) is 31.1 Å². The van der Waals surface area contributed by atoms with E-state index < -0.39 is 0 Å². The molecule has 0 amide bonds. The smallest absolute Gasteiger partial charge is 0.257 e. The van der Waals surface area contributed by atoms with Crippen molar-refractivity contribution in [3.63, 3.8) is 0 Å². The summed E-state index contributed by atoms with van der Waals surface area (Å²) < 4.78 is 5.36. The number of rotatable bonds is 3. The Bertz CT molecular complexity index is 539. The van der Waals surface area contributed by atoms with Crippen molar-refractivity contribution < 1.29 is 4.52 Å². The van der Waals surface area contributed by atoms with Crippen molar-refractivity contribution in [2.24, 2.45) is 0 Å². The molecule has 1 saturated heterocycles. The second kappa shape index (κ2) is 5.13. The Morgan fingerprint density at radius 2 is 2.05 bits per heavy atom. The second-order valence-corrected chi connectivity index (χ2v) is 5.38. The van der Waals surface area contributed by atoms with Gasteiger partial charge in [0.25, 0.3) is 5.89 Å². The highest BCUT2D eigenvalue weighted by Gasteiger charge is 2.21. The lowest BCUT2D eigenvalue weighted by molar-refractivity contribution is 0.412. The highest BCUT2D eigenvalue weighted by Crippen LogP contribution is 2.25. The van der Waals surface area contributed by atoms with Crippen LogP contribution in [0.2, 0.25) is 0 Å². The molecule has 0 saturated carbocycles. The summed E-state index contributed by atoms with van der Waals surface area (Å²) >= 11 is 0. The van der Waals surface area contributed by atoms with E-state index in [1.54, 1.807) is 0 Å². The van der Waals surface area contributed by atoms with Gasteiger partial charge in [0.05, 0.1) is 6.04 Å². The van der Waals surface area contributed by atoms with Gasteiger partial charge in [-0.2, -0.15) is 4.98 Å². The van der Waals surface area contributed by atoms with Crippen LogP contribution in [0.3, 0.4) is 0 Å². The summed E-state index contributed by atoms with van der Waals surface area (Å²) in [5.41, 5.74) is 2.31. The molecule has 4 nitrogen and oxygen atoms in total. The van der Waals surface area contributed by atoms with Crippen LogP contribution >= 0.6 is 0 Å². The third-order valence-corrected chi connectivity index (χ3v) is 3.64. The first-order valence-electron chi connectivity index (χ1n) is 6.91. The maximum atomic E-state index is 5.36. The molecule has 1 N–H and O–H groups in total. The van der Waals surface area contributed by atoms with E-state index in [9.17, 15) is 0 Å². The van der Waals surface area contributed by atoms with Crippen molar-refractivity contribution in [2.75, 3.05) is 6.54 Å². The zero-order valence-electron chi connectivity index (χ0n) is 11.4. The van der Waals surface area contributed by atoms with Crippen LogP contribution in [0.4, 0.5) is 0 Å². The first kappa shape index (κ1) is 12.4. The molecule has 1 unspecified atom stereocenters. The van der Waals surface area contributed by atoms with Crippen LogP contribution in [0, 0.1) is 0 Å². The van der Waals surface area contributed by atoms with Gasteiger partial charge in [0, 0.05) is 5.56 Å².